The van der Waals surface area contributed by atoms with Crippen LogP contribution in [-0.4, -0.2) is 4.57 Å². The minimum absolute atomic E-state index is 1.09. The largest absolute Gasteiger partial charge is 0.310 e. The minimum Gasteiger partial charge on any atom is -0.310 e. The maximum absolute atomic E-state index is 2.41. The lowest BCUT2D eigenvalue weighted by atomic mass is 9.94. The van der Waals surface area contributed by atoms with Crippen molar-refractivity contribution in [2.75, 3.05) is 4.90 Å². The predicted molar refractivity (Wildman–Crippen MR) is 272 cm³/mol. The van der Waals surface area contributed by atoms with E-state index in [-0.39, 0.29) is 0 Å². The van der Waals surface area contributed by atoms with Crippen molar-refractivity contribution in [2.24, 2.45) is 0 Å². The van der Waals surface area contributed by atoms with Crippen LogP contribution in [0.3, 0.4) is 0 Å². The molecule has 300 valence electrons. The van der Waals surface area contributed by atoms with Crippen molar-refractivity contribution in [1.29, 1.82) is 0 Å². The number of benzene rings is 11. The summed E-state index contributed by atoms with van der Waals surface area (Å²) in [5, 5.41) is 7.43. The minimum atomic E-state index is 1.09. The van der Waals surface area contributed by atoms with Crippen molar-refractivity contribution in [2.45, 2.75) is 0 Å². The number of aromatic nitrogens is 1. The SMILES string of the molecule is c1ccc(-c2ccc(-c3ccc(N(c4ccc(-c5ccc(-c6ccc7ccccc7c6)cc5)cc4)c4ccc(-n5c6ccccc6c6ccccc65)cc4)c4ccccc34)cc2)cc1. The van der Waals surface area contributed by atoms with E-state index in [1.54, 1.807) is 0 Å². The maximum Gasteiger partial charge on any atom is 0.0541 e. The van der Waals surface area contributed by atoms with Crippen molar-refractivity contribution in [3.8, 4) is 50.2 Å². The fourth-order valence-corrected chi connectivity index (χ4v) is 9.61. The van der Waals surface area contributed by atoms with Gasteiger partial charge in [-0.25, -0.2) is 0 Å². The molecule has 0 saturated heterocycles. The van der Waals surface area contributed by atoms with E-state index >= 15 is 0 Å². The average molecular weight is 815 g/mol. The number of nitrogens with zero attached hydrogens (tertiary/aromatic N) is 2. The summed E-state index contributed by atoms with van der Waals surface area (Å²) in [5.41, 5.74) is 16.5. The van der Waals surface area contributed by atoms with Crippen LogP contribution in [0.1, 0.15) is 0 Å². The first kappa shape index (κ1) is 37.3. The van der Waals surface area contributed by atoms with Gasteiger partial charge in [0.05, 0.1) is 16.7 Å². The van der Waals surface area contributed by atoms with Gasteiger partial charge in [0.15, 0.2) is 0 Å². The lowest BCUT2D eigenvalue weighted by molar-refractivity contribution is 1.17. The summed E-state index contributed by atoms with van der Waals surface area (Å²) in [6.07, 6.45) is 0. The molecule has 0 fully saturated rings. The van der Waals surface area contributed by atoms with Crippen LogP contribution >= 0.6 is 0 Å². The van der Waals surface area contributed by atoms with Crippen molar-refractivity contribution in [1.82, 2.24) is 4.57 Å². The quantitative estimate of drug-likeness (QED) is 0.148. The number of rotatable bonds is 8. The molecule has 0 N–H and O–H groups in total. The zero-order chi connectivity index (χ0) is 42.4. The number of hydrogen-bond acceptors (Lipinski definition) is 1. The Morgan fingerprint density at radius 1 is 0.266 bits per heavy atom. The Kier molecular flexibility index (Phi) is 9.20. The summed E-state index contributed by atoms with van der Waals surface area (Å²) in [6, 6.07) is 92.7. The van der Waals surface area contributed by atoms with Gasteiger partial charge in [0.25, 0.3) is 0 Å². The van der Waals surface area contributed by atoms with Crippen LogP contribution < -0.4 is 4.90 Å². The highest BCUT2D eigenvalue weighted by molar-refractivity contribution is 6.09. The van der Waals surface area contributed by atoms with Crippen molar-refractivity contribution in [3.63, 3.8) is 0 Å². The molecular weight excluding hydrogens is 773 g/mol. The van der Waals surface area contributed by atoms with Crippen LogP contribution in [0.15, 0.2) is 255 Å². The van der Waals surface area contributed by atoms with E-state index < -0.39 is 0 Å². The standard InChI is InChI=1S/C62H42N2/c1-2-12-43(13-3-1)45-26-29-49(30-27-45)55-40-41-62(57-17-7-6-16-56(55)57)63(53-36-38-54(39-37-53)64-60-20-10-8-18-58(60)59-19-9-11-21-61(59)64)52-34-32-47(33-35-52)46-22-24-48(25-23-46)51-31-28-44-14-4-5-15-50(44)42-51/h1-42H. The fourth-order valence-electron chi connectivity index (χ4n) is 9.61. The van der Waals surface area contributed by atoms with Gasteiger partial charge < -0.3 is 9.47 Å². The maximum atomic E-state index is 2.41. The summed E-state index contributed by atoms with van der Waals surface area (Å²) >= 11 is 0. The lowest BCUT2D eigenvalue weighted by Gasteiger charge is -2.28. The molecule has 0 bridgehead atoms. The predicted octanol–water partition coefficient (Wildman–Crippen LogP) is 17.2. The Morgan fingerprint density at radius 2 is 0.703 bits per heavy atom. The molecule has 0 aliphatic heterocycles. The van der Waals surface area contributed by atoms with Crippen LogP contribution in [0.2, 0.25) is 0 Å². The van der Waals surface area contributed by atoms with E-state index in [4.69, 9.17) is 0 Å². The van der Waals surface area contributed by atoms with E-state index in [1.165, 1.54) is 87.9 Å². The Morgan fingerprint density at radius 3 is 1.33 bits per heavy atom. The molecule has 0 radical (unpaired) electrons. The molecule has 1 aromatic heterocycles. The highest BCUT2D eigenvalue weighted by atomic mass is 15.1. The molecule has 2 nitrogen and oxygen atoms in total. The normalized spacial score (nSPS) is 11.4. The van der Waals surface area contributed by atoms with Crippen molar-refractivity contribution < 1.29 is 0 Å². The second-order valence-corrected chi connectivity index (χ2v) is 16.5. The molecule has 64 heavy (non-hydrogen) atoms. The van der Waals surface area contributed by atoms with Crippen LogP contribution in [0, 0.1) is 0 Å². The van der Waals surface area contributed by atoms with E-state index in [0.29, 0.717) is 0 Å². The van der Waals surface area contributed by atoms with Crippen LogP contribution in [-0.2, 0) is 0 Å². The van der Waals surface area contributed by atoms with E-state index in [1.807, 2.05) is 0 Å². The van der Waals surface area contributed by atoms with Gasteiger partial charge in [-0.1, -0.05) is 194 Å². The molecule has 2 heteroatoms. The summed E-state index contributed by atoms with van der Waals surface area (Å²) in [5.74, 6) is 0. The van der Waals surface area contributed by atoms with E-state index in [9.17, 15) is 0 Å². The van der Waals surface area contributed by atoms with Gasteiger partial charge in [0, 0.05) is 33.2 Å². The van der Waals surface area contributed by atoms with Gasteiger partial charge in [-0.05, 0) is 121 Å². The summed E-state index contributed by atoms with van der Waals surface area (Å²) in [6.45, 7) is 0. The third-order valence-electron chi connectivity index (χ3n) is 12.8. The zero-order valence-electron chi connectivity index (χ0n) is 35.1. The van der Waals surface area contributed by atoms with E-state index in [2.05, 4.69) is 264 Å². The second-order valence-electron chi connectivity index (χ2n) is 16.5. The molecular formula is C62H42N2. The summed E-state index contributed by atoms with van der Waals surface area (Å²) < 4.78 is 2.38. The highest BCUT2D eigenvalue weighted by Gasteiger charge is 2.19. The molecule has 0 aliphatic rings. The average Bonchev–Trinajstić information content (AvgIpc) is 3.71. The molecule has 0 unspecified atom stereocenters. The smallest absolute Gasteiger partial charge is 0.0541 e. The van der Waals surface area contributed by atoms with Gasteiger partial charge in [0.2, 0.25) is 0 Å². The van der Waals surface area contributed by atoms with Gasteiger partial charge in [-0.2, -0.15) is 0 Å². The number of anilines is 3. The fraction of sp³-hybridized carbons (Fsp3) is 0. The lowest BCUT2D eigenvalue weighted by Crippen LogP contribution is -2.11. The molecule has 12 rings (SSSR count). The van der Waals surface area contributed by atoms with Crippen LogP contribution in [0.4, 0.5) is 17.1 Å². The van der Waals surface area contributed by atoms with Gasteiger partial charge in [0.1, 0.15) is 0 Å². The van der Waals surface area contributed by atoms with Crippen LogP contribution in [0.25, 0.3) is 93.5 Å². The summed E-state index contributed by atoms with van der Waals surface area (Å²) in [4.78, 5) is 2.41. The van der Waals surface area contributed by atoms with E-state index in [0.717, 1.165) is 22.7 Å². The number of para-hydroxylation sites is 2. The van der Waals surface area contributed by atoms with Crippen LogP contribution in [0.5, 0.6) is 0 Å². The monoisotopic (exact) mass is 814 g/mol. The van der Waals surface area contributed by atoms with Gasteiger partial charge in [-0.15, -0.1) is 0 Å². The number of fused-ring (bicyclic) bond motifs is 5. The molecule has 0 atom stereocenters. The second kappa shape index (κ2) is 15.8. The molecule has 0 aliphatic carbocycles. The highest BCUT2D eigenvalue weighted by Crippen LogP contribution is 2.43. The van der Waals surface area contributed by atoms with Gasteiger partial charge >= 0.3 is 0 Å². The topological polar surface area (TPSA) is 8.17 Å². The molecule has 0 spiro atoms. The Balaban J connectivity index is 0.944. The number of hydrogen-bond donors (Lipinski definition) is 0. The first-order valence-corrected chi connectivity index (χ1v) is 22.0. The molecule has 0 saturated carbocycles. The first-order chi connectivity index (χ1) is 31.7. The molecule has 12 aromatic rings. The summed E-state index contributed by atoms with van der Waals surface area (Å²) in [7, 11) is 0. The van der Waals surface area contributed by atoms with Gasteiger partial charge in [-0.3, -0.25) is 0 Å². The Bertz CT molecular complexity index is 3570. The van der Waals surface area contributed by atoms with Crippen molar-refractivity contribution in [3.05, 3.63) is 255 Å². The third kappa shape index (κ3) is 6.61. The molecule has 0 amide bonds. The molecule has 1 heterocycles. The van der Waals surface area contributed by atoms with Crippen molar-refractivity contribution >= 4 is 60.4 Å². The molecule has 11 aromatic carbocycles. The third-order valence-corrected chi connectivity index (χ3v) is 12.8. The first-order valence-electron chi connectivity index (χ1n) is 22.0. The zero-order valence-corrected chi connectivity index (χ0v) is 35.1. The Labute approximate surface area is 373 Å². The Hall–Kier alpha value is -8.46.